The van der Waals surface area contributed by atoms with E-state index in [0.717, 1.165) is 12.8 Å². The molecule has 0 radical (unpaired) electrons. The second kappa shape index (κ2) is 7.99. The summed E-state index contributed by atoms with van der Waals surface area (Å²) in [4.78, 5) is 27.7. The van der Waals surface area contributed by atoms with Crippen LogP contribution in [0.1, 0.15) is 47.5 Å². The molecule has 1 fully saturated rings. The maximum atomic E-state index is 12.2. The molecule has 0 aliphatic carbocycles. The Hall–Kier alpha value is -1.30. The molecular weight excluding hydrogens is 294 g/mol. The van der Waals surface area contributed by atoms with Gasteiger partial charge in [-0.2, -0.15) is 0 Å². The summed E-state index contributed by atoms with van der Waals surface area (Å²) >= 11 is 0. The number of hydrogen-bond acceptors (Lipinski definition) is 4. The van der Waals surface area contributed by atoms with Gasteiger partial charge in [0.05, 0.1) is 6.04 Å². The summed E-state index contributed by atoms with van der Waals surface area (Å²) in [5.41, 5.74) is 5.47. The van der Waals surface area contributed by atoms with Crippen molar-refractivity contribution in [2.24, 2.45) is 17.6 Å². The van der Waals surface area contributed by atoms with Gasteiger partial charge in [-0.3, -0.25) is 4.79 Å². The highest BCUT2D eigenvalue weighted by molar-refractivity contribution is 5.82. The minimum atomic E-state index is -0.478. The van der Waals surface area contributed by atoms with E-state index in [2.05, 4.69) is 0 Å². The van der Waals surface area contributed by atoms with Crippen molar-refractivity contribution >= 4 is 12.0 Å². The summed E-state index contributed by atoms with van der Waals surface area (Å²) in [5, 5.41) is 0. The van der Waals surface area contributed by atoms with E-state index in [1.807, 2.05) is 39.5 Å². The van der Waals surface area contributed by atoms with E-state index >= 15 is 0 Å². The molecule has 1 aliphatic heterocycles. The first kappa shape index (κ1) is 19.7. The lowest BCUT2D eigenvalue weighted by Crippen LogP contribution is -2.50. The van der Waals surface area contributed by atoms with Crippen LogP contribution in [-0.4, -0.2) is 60.1 Å². The summed E-state index contributed by atoms with van der Waals surface area (Å²) in [6, 6.07) is -0.420. The Kier molecular flexibility index (Phi) is 6.86. The highest BCUT2D eigenvalue weighted by Gasteiger charge is 2.29. The molecule has 0 unspecified atom stereocenters. The van der Waals surface area contributed by atoms with Gasteiger partial charge in [0.15, 0.2) is 0 Å². The predicted octanol–water partition coefficient (Wildman–Crippen LogP) is 2.08. The Bertz CT molecular complexity index is 410. The van der Waals surface area contributed by atoms with Crippen molar-refractivity contribution in [1.29, 1.82) is 0 Å². The second-order valence-corrected chi connectivity index (χ2v) is 7.90. The fourth-order valence-corrected chi connectivity index (χ4v) is 2.63. The maximum absolute atomic E-state index is 12.2. The number of rotatable bonds is 4. The number of likely N-dealkylation sites (tertiary alicyclic amines) is 1. The minimum absolute atomic E-state index is 0.0407. The molecule has 2 amide bonds. The quantitative estimate of drug-likeness (QED) is 0.857. The molecule has 0 spiro atoms. The zero-order chi connectivity index (χ0) is 17.8. The Balaban J connectivity index is 2.42. The standard InChI is InChI=1S/C17H33N3O3/c1-12(2)14(18)15(21)20-9-7-13(8-10-20)11-19(6)16(22)23-17(3,4)5/h12-14H,7-11,18H2,1-6H3/t14-/m0/s1. The van der Waals surface area contributed by atoms with Gasteiger partial charge in [-0.1, -0.05) is 13.8 Å². The maximum Gasteiger partial charge on any atom is 0.410 e. The molecule has 0 bridgehead atoms. The number of nitrogens with zero attached hydrogens (tertiary/aromatic N) is 2. The highest BCUT2D eigenvalue weighted by Crippen LogP contribution is 2.20. The lowest BCUT2D eigenvalue weighted by atomic mass is 9.95. The van der Waals surface area contributed by atoms with E-state index in [1.165, 1.54) is 0 Å². The number of nitrogens with two attached hydrogens (primary N) is 1. The first-order valence-corrected chi connectivity index (χ1v) is 8.49. The molecular formula is C17H33N3O3. The lowest BCUT2D eigenvalue weighted by Gasteiger charge is -2.35. The van der Waals surface area contributed by atoms with Crippen LogP contribution in [0.3, 0.4) is 0 Å². The Morgan fingerprint density at radius 2 is 1.78 bits per heavy atom. The molecule has 6 heteroatoms. The van der Waals surface area contributed by atoms with Crippen LogP contribution in [0, 0.1) is 11.8 Å². The average molecular weight is 327 g/mol. The van der Waals surface area contributed by atoms with E-state index < -0.39 is 11.6 Å². The van der Waals surface area contributed by atoms with Crippen molar-refractivity contribution < 1.29 is 14.3 Å². The number of amides is 2. The third kappa shape index (κ3) is 6.37. The molecule has 2 N–H and O–H groups in total. The van der Waals surface area contributed by atoms with Gasteiger partial charge < -0.3 is 20.3 Å². The van der Waals surface area contributed by atoms with Crippen LogP contribution < -0.4 is 5.73 Å². The van der Waals surface area contributed by atoms with Gasteiger partial charge in [0.2, 0.25) is 5.91 Å². The average Bonchev–Trinajstić information content (AvgIpc) is 2.44. The summed E-state index contributed by atoms with van der Waals surface area (Å²) < 4.78 is 5.36. The molecule has 1 heterocycles. The Labute approximate surface area is 140 Å². The number of carbonyl (C=O) groups excluding carboxylic acids is 2. The molecule has 6 nitrogen and oxygen atoms in total. The molecule has 1 rings (SSSR count). The Morgan fingerprint density at radius 1 is 1.26 bits per heavy atom. The first-order valence-electron chi connectivity index (χ1n) is 8.49. The summed E-state index contributed by atoms with van der Waals surface area (Å²) in [7, 11) is 1.76. The van der Waals surface area contributed by atoms with Crippen molar-refractivity contribution in [3.05, 3.63) is 0 Å². The van der Waals surface area contributed by atoms with Crippen molar-refractivity contribution in [3.8, 4) is 0 Å². The van der Waals surface area contributed by atoms with Gasteiger partial charge in [0.1, 0.15) is 5.60 Å². The fourth-order valence-electron chi connectivity index (χ4n) is 2.63. The number of hydrogen-bond donors (Lipinski definition) is 1. The van der Waals surface area contributed by atoms with E-state index in [9.17, 15) is 9.59 Å². The number of piperidine rings is 1. The summed E-state index contributed by atoms with van der Waals surface area (Å²) in [6.07, 6.45) is 1.49. The normalized spacial score (nSPS) is 18.0. The molecule has 1 saturated heterocycles. The zero-order valence-electron chi connectivity index (χ0n) is 15.5. The molecule has 0 aromatic rings. The van der Waals surface area contributed by atoms with Crippen molar-refractivity contribution in [2.75, 3.05) is 26.7 Å². The third-order valence-corrected chi connectivity index (χ3v) is 4.17. The van der Waals surface area contributed by atoms with Crippen molar-refractivity contribution in [3.63, 3.8) is 0 Å². The molecule has 0 aromatic heterocycles. The fraction of sp³-hybridized carbons (Fsp3) is 0.882. The van der Waals surface area contributed by atoms with Crippen LogP contribution in [-0.2, 0) is 9.53 Å². The third-order valence-electron chi connectivity index (χ3n) is 4.17. The summed E-state index contributed by atoms with van der Waals surface area (Å²) in [5.74, 6) is 0.587. The second-order valence-electron chi connectivity index (χ2n) is 7.90. The van der Waals surface area contributed by atoms with Gasteiger partial charge >= 0.3 is 6.09 Å². The topological polar surface area (TPSA) is 75.9 Å². The summed E-state index contributed by atoms with van der Waals surface area (Å²) in [6.45, 7) is 11.6. The molecule has 0 aromatic carbocycles. The van der Waals surface area contributed by atoms with Crippen LogP contribution in [0.2, 0.25) is 0 Å². The largest absolute Gasteiger partial charge is 0.444 e. The molecule has 1 aliphatic rings. The van der Waals surface area contributed by atoms with E-state index in [4.69, 9.17) is 10.5 Å². The Morgan fingerprint density at radius 3 is 2.22 bits per heavy atom. The van der Waals surface area contributed by atoms with E-state index in [-0.39, 0.29) is 17.9 Å². The molecule has 134 valence electrons. The van der Waals surface area contributed by atoms with Crippen LogP contribution >= 0.6 is 0 Å². The molecule has 1 atom stereocenters. The van der Waals surface area contributed by atoms with Crippen LogP contribution in [0.25, 0.3) is 0 Å². The first-order chi connectivity index (χ1) is 10.5. The SMILES string of the molecule is CC(C)[C@H](N)C(=O)N1CCC(CN(C)C(=O)OC(C)(C)C)CC1. The lowest BCUT2D eigenvalue weighted by molar-refractivity contribution is -0.135. The number of ether oxygens (including phenoxy) is 1. The smallest absolute Gasteiger partial charge is 0.410 e. The van der Waals surface area contributed by atoms with Gasteiger partial charge in [0.25, 0.3) is 0 Å². The van der Waals surface area contributed by atoms with Crippen LogP contribution in [0.5, 0.6) is 0 Å². The van der Waals surface area contributed by atoms with Crippen molar-refractivity contribution in [1.82, 2.24) is 9.80 Å². The monoisotopic (exact) mass is 327 g/mol. The van der Waals surface area contributed by atoms with Crippen LogP contribution in [0.15, 0.2) is 0 Å². The highest BCUT2D eigenvalue weighted by atomic mass is 16.6. The predicted molar refractivity (Wildman–Crippen MR) is 91.0 cm³/mol. The van der Waals surface area contributed by atoms with Gasteiger partial charge in [-0.15, -0.1) is 0 Å². The minimum Gasteiger partial charge on any atom is -0.444 e. The van der Waals surface area contributed by atoms with Crippen molar-refractivity contribution in [2.45, 2.75) is 59.1 Å². The molecule has 0 saturated carbocycles. The van der Waals surface area contributed by atoms with Crippen LogP contribution in [0.4, 0.5) is 4.79 Å². The van der Waals surface area contributed by atoms with Gasteiger partial charge in [-0.25, -0.2) is 4.79 Å². The van der Waals surface area contributed by atoms with Gasteiger partial charge in [0, 0.05) is 26.7 Å². The molecule has 23 heavy (non-hydrogen) atoms. The van der Waals surface area contributed by atoms with E-state index in [1.54, 1.807) is 11.9 Å². The van der Waals surface area contributed by atoms with E-state index in [0.29, 0.717) is 25.6 Å². The zero-order valence-corrected chi connectivity index (χ0v) is 15.5. The van der Waals surface area contributed by atoms with Gasteiger partial charge in [-0.05, 0) is 45.4 Å². The number of carbonyl (C=O) groups is 2.